The van der Waals surface area contributed by atoms with Gasteiger partial charge in [0.15, 0.2) is 10.8 Å². The summed E-state index contributed by atoms with van der Waals surface area (Å²) in [5, 5.41) is 18.0. The maximum atomic E-state index is 10.6. The number of rotatable bonds is 4. The number of halogens is 1. The molecule has 102 valence electrons. The van der Waals surface area contributed by atoms with Crippen molar-refractivity contribution in [3.63, 3.8) is 0 Å². The molecule has 2 heterocycles. The summed E-state index contributed by atoms with van der Waals surface area (Å²) in [7, 11) is 0. The highest BCUT2D eigenvalue weighted by Gasteiger charge is 2.23. The van der Waals surface area contributed by atoms with E-state index in [1.54, 1.807) is 13.8 Å². The molecule has 10 heteroatoms. The van der Waals surface area contributed by atoms with Gasteiger partial charge in [0.05, 0.1) is 16.8 Å². The van der Waals surface area contributed by atoms with E-state index in [0.29, 0.717) is 5.82 Å². The zero-order valence-corrected chi connectivity index (χ0v) is 11.0. The second-order valence-corrected chi connectivity index (χ2v) is 4.90. The molecule has 9 nitrogen and oxygen atoms in total. The second-order valence-electron chi connectivity index (χ2n) is 4.49. The maximum Gasteiger partial charge on any atom is 0.408 e. The minimum atomic E-state index is -0.727. The van der Waals surface area contributed by atoms with Crippen molar-refractivity contribution in [1.82, 2.24) is 19.9 Å². The molecule has 2 aromatic heterocycles. The summed E-state index contributed by atoms with van der Waals surface area (Å²) in [6.45, 7) is 3.55. The van der Waals surface area contributed by atoms with Crippen LogP contribution in [0.2, 0.25) is 5.02 Å². The molecule has 0 fully saturated rings. The molecule has 0 unspecified atom stereocenters. The van der Waals surface area contributed by atoms with E-state index in [0.717, 1.165) is 0 Å². The van der Waals surface area contributed by atoms with Crippen LogP contribution in [0.4, 0.5) is 5.82 Å². The molecule has 0 atom stereocenters. The topological polar surface area (TPSA) is 126 Å². The summed E-state index contributed by atoms with van der Waals surface area (Å²) in [6, 6.07) is 0. The molecule has 0 aliphatic heterocycles. The molecule has 2 N–H and O–H groups in total. The van der Waals surface area contributed by atoms with E-state index >= 15 is 0 Å². The van der Waals surface area contributed by atoms with E-state index < -0.39 is 16.3 Å². The van der Waals surface area contributed by atoms with Crippen LogP contribution in [0, 0.1) is 10.1 Å². The summed E-state index contributed by atoms with van der Waals surface area (Å²) >= 11 is 5.67. The molecule has 0 spiro atoms. The Bertz CT molecular complexity index is 614. The van der Waals surface area contributed by atoms with Crippen molar-refractivity contribution in [1.29, 1.82) is 0 Å². The van der Waals surface area contributed by atoms with Crippen LogP contribution in [0.15, 0.2) is 10.7 Å². The van der Waals surface area contributed by atoms with Gasteiger partial charge in [-0.15, -0.1) is 0 Å². The lowest BCUT2D eigenvalue weighted by molar-refractivity contribution is -0.389. The lowest BCUT2D eigenvalue weighted by Crippen LogP contribution is -2.30. The Morgan fingerprint density at radius 1 is 1.63 bits per heavy atom. The molecule has 0 bridgehead atoms. The van der Waals surface area contributed by atoms with Gasteiger partial charge in [-0.1, -0.05) is 16.8 Å². The van der Waals surface area contributed by atoms with Crippen molar-refractivity contribution in [3.05, 3.63) is 33.0 Å². The number of aromatic nitrogens is 4. The zero-order valence-electron chi connectivity index (χ0n) is 10.2. The van der Waals surface area contributed by atoms with Gasteiger partial charge in [-0.05, 0) is 18.8 Å². The highest BCUT2D eigenvalue weighted by Crippen LogP contribution is 2.22. The second kappa shape index (κ2) is 4.59. The highest BCUT2D eigenvalue weighted by atomic mass is 35.5. The molecular weight excluding hydrogens is 276 g/mol. The van der Waals surface area contributed by atoms with Crippen molar-refractivity contribution in [2.45, 2.75) is 25.9 Å². The fraction of sp³-hybridized carbons (Fsp3) is 0.444. The number of hydrogen-bond acceptors (Lipinski definition) is 7. The quantitative estimate of drug-likeness (QED) is 0.658. The van der Waals surface area contributed by atoms with Gasteiger partial charge in [0, 0.05) is 0 Å². The summed E-state index contributed by atoms with van der Waals surface area (Å²) < 4.78 is 6.24. The Hall–Kier alpha value is -2.00. The Labute approximate surface area is 112 Å². The van der Waals surface area contributed by atoms with E-state index in [9.17, 15) is 10.1 Å². The van der Waals surface area contributed by atoms with Crippen LogP contribution in [-0.2, 0) is 12.1 Å². The van der Waals surface area contributed by atoms with Gasteiger partial charge in [-0.3, -0.25) is 0 Å². The average Bonchev–Trinajstić information content (AvgIpc) is 2.85. The van der Waals surface area contributed by atoms with E-state index in [1.807, 2.05) is 0 Å². The summed E-state index contributed by atoms with van der Waals surface area (Å²) in [6.07, 6.45) is 1.32. The summed E-state index contributed by atoms with van der Waals surface area (Å²) in [4.78, 5) is 14.0. The highest BCUT2D eigenvalue weighted by molar-refractivity contribution is 6.32. The Morgan fingerprint density at radius 2 is 2.32 bits per heavy atom. The largest absolute Gasteiger partial charge is 0.408 e. The van der Waals surface area contributed by atoms with Gasteiger partial charge in [0.25, 0.3) is 5.89 Å². The maximum absolute atomic E-state index is 10.6. The van der Waals surface area contributed by atoms with E-state index in [-0.39, 0.29) is 17.5 Å². The monoisotopic (exact) mass is 286 g/mol. The van der Waals surface area contributed by atoms with Crippen LogP contribution in [0.1, 0.15) is 25.6 Å². The fourth-order valence-electron chi connectivity index (χ4n) is 1.31. The van der Waals surface area contributed by atoms with Gasteiger partial charge in [0.2, 0.25) is 0 Å². The fourth-order valence-corrected chi connectivity index (χ4v) is 1.53. The number of nitrogens with zero attached hydrogens (tertiary/aromatic N) is 5. The summed E-state index contributed by atoms with van der Waals surface area (Å²) in [5.41, 5.74) is 5.09. The molecule has 0 aliphatic rings. The Morgan fingerprint density at radius 3 is 2.79 bits per heavy atom. The first-order valence-corrected chi connectivity index (χ1v) is 5.64. The predicted molar refractivity (Wildman–Crippen MR) is 64.5 cm³/mol. The zero-order chi connectivity index (χ0) is 14.2. The van der Waals surface area contributed by atoms with Gasteiger partial charge in [-0.25, -0.2) is 0 Å². The van der Waals surface area contributed by atoms with Crippen molar-refractivity contribution in [2.75, 3.05) is 0 Å². The van der Waals surface area contributed by atoms with Crippen molar-refractivity contribution in [3.8, 4) is 0 Å². The normalized spacial score (nSPS) is 11.8. The molecule has 0 amide bonds. The average molecular weight is 287 g/mol. The van der Waals surface area contributed by atoms with Crippen LogP contribution in [0.25, 0.3) is 0 Å². The van der Waals surface area contributed by atoms with Crippen LogP contribution < -0.4 is 5.73 Å². The lowest BCUT2D eigenvalue weighted by Gasteiger charge is -2.11. The minimum Gasteiger partial charge on any atom is -0.358 e. The van der Waals surface area contributed by atoms with Crippen molar-refractivity contribution >= 4 is 17.4 Å². The SMILES string of the molecule is CC(C)(N)c1noc(Cn2cc(Cl)c([N+](=O)[O-])n2)n1. The molecule has 2 rings (SSSR count). The minimum absolute atomic E-state index is 0.0520. The Kier molecular flexibility index (Phi) is 3.25. The number of hydrogen-bond donors (Lipinski definition) is 1. The van der Waals surface area contributed by atoms with Crippen LogP contribution in [-0.4, -0.2) is 24.8 Å². The van der Waals surface area contributed by atoms with Crippen LogP contribution in [0.5, 0.6) is 0 Å². The number of nitrogens with two attached hydrogens (primary N) is 1. The van der Waals surface area contributed by atoms with E-state index in [1.165, 1.54) is 10.9 Å². The van der Waals surface area contributed by atoms with Gasteiger partial charge in [-0.2, -0.15) is 9.67 Å². The molecule has 0 radical (unpaired) electrons. The van der Waals surface area contributed by atoms with Gasteiger partial charge >= 0.3 is 5.82 Å². The third-order valence-corrected chi connectivity index (χ3v) is 2.48. The van der Waals surface area contributed by atoms with E-state index in [2.05, 4.69) is 15.2 Å². The third kappa shape index (κ3) is 2.88. The lowest BCUT2D eigenvalue weighted by atomic mass is 10.1. The smallest absolute Gasteiger partial charge is 0.358 e. The first-order valence-electron chi connectivity index (χ1n) is 5.26. The third-order valence-electron chi connectivity index (χ3n) is 2.21. The predicted octanol–water partition coefficient (Wildman–Crippen LogP) is 1.07. The van der Waals surface area contributed by atoms with Crippen LogP contribution >= 0.6 is 11.6 Å². The van der Waals surface area contributed by atoms with Crippen LogP contribution in [0.3, 0.4) is 0 Å². The molecule has 0 saturated carbocycles. The van der Waals surface area contributed by atoms with Crippen molar-refractivity contribution < 1.29 is 9.45 Å². The molecule has 19 heavy (non-hydrogen) atoms. The van der Waals surface area contributed by atoms with Gasteiger partial charge in [0.1, 0.15) is 6.54 Å². The standard InChI is InChI=1S/C9H11ClN6O3/c1-9(2,11)8-12-6(19-14-8)4-15-3-5(10)7(13-15)16(17)18/h3H,4,11H2,1-2H3. The molecular formula is C9H11ClN6O3. The molecule has 2 aromatic rings. The molecule has 0 aliphatic carbocycles. The Balaban J connectivity index is 2.20. The van der Waals surface area contributed by atoms with Crippen molar-refractivity contribution in [2.24, 2.45) is 5.73 Å². The molecule has 0 aromatic carbocycles. The van der Waals surface area contributed by atoms with E-state index in [4.69, 9.17) is 21.9 Å². The first kappa shape index (κ1) is 13.4. The first-order chi connectivity index (χ1) is 8.77. The number of nitro groups is 1. The van der Waals surface area contributed by atoms with Gasteiger partial charge < -0.3 is 20.4 Å². The molecule has 0 saturated heterocycles. The summed E-state index contributed by atoms with van der Waals surface area (Å²) in [5.74, 6) is 0.165.